The van der Waals surface area contributed by atoms with E-state index in [9.17, 15) is 4.79 Å². The summed E-state index contributed by atoms with van der Waals surface area (Å²) in [4.78, 5) is 12.1. The average molecular weight is 177 g/mol. The number of benzene rings is 1. The first kappa shape index (κ1) is 5.58. The fourth-order valence-corrected chi connectivity index (χ4v) is 1.69. The molecule has 0 spiro atoms. The number of ketones is 1. The van der Waals surface area contributed by atoms with Crippen LogP contribution in [0.1, 0.15) is 40.3 Å². The SMILES string of the molecule is [2H]c1cc2c(c([2H])c1[2H])CCC(C)(C)C2=O. The standard InChI is InChI=1S/C12H14O/c1-12(2)8-7-9-5-3-4-6-10(9)11(12)13/h3-6H,7-8H2,1-2H3/i3D,4D,5D. The molecule has 0 heterocycles. The largest absolute Gasteiger partial charge is 0.294 e. The number of carbonyl (C=O) groups is 1. The van der Waals surface area contributed by atoms with Crippen LogP contribution in [0.25, 0.3) is 0 Å². The number of Topliss-reactive ketones (excluding diaryl/α,β-unsaturated/α-hetero) is 1. The number of hydrogen-bond acceptors (Lipinski definition) is 1. The van der Waals surface area contributed by atoms with Crippen molar-refractivity contribution in [1.29, 1.82) is 0 Å². The van der Waals surface area contributed by atoms with Gasteiger partial charge in [-0.25, -0.2) is 0 Å². The molecule has 0 radical (unpaired) electrons. The Morgan fingerprint density at radius 3 is 3.00 bits per heavy atom. The molecular weight excluding hydrogens is 160 g/mol. The first-order chi connectivity index (χ1) is 7.34. The number of rotatable bonds is 0. The van der Waals surface area contributed by atoms with E-state index in [0.717, 1.165) is 0 Å². The van der Waals surface area contributed by atoms with Crippen LogP contribution in [0.5, 0.6) is 0 Å². The Morgan fingerprint density at radius 2 is 2.23 bits per heavy atom. The first-order valence-corrected chi connectivity index (χ1v) is 4.49. The highest BCUT2D eigenvalue weighted by molar-refractivity contribution is 6.02. The van der Waals surface area contributed by atoms with Gasteiger partial charge in [-0.3, -0.25) is 4.79 Å². The van der Waals surface area contributed by atoms with Crippen LogP contribution in [0.15, 0.2) is 24.2 Å². The van der Waals surface area contributed by atoms with Crippen molar-refractivity contribution in [3.63, 3.8) is 0 Å². The smallest absolute Gasteiger partial charge is 0.168 e. The maximum atomic E-state index is 12.1. The van der Waals surface area contributed by atoms with Crippen LogP contribution in [0.3, 0.4) is 0 Å². The molecule has 0 aromatic heterocycles. The Kier molecular flexibility index (Phi) is 1.16. The summed E-state index contributed by atoms with van der Waals surface area (Å²) in [5.74, 6) is -0.00394. The molecule has 1 nitrogen and oxygen atoms in total. The molecule has 0 atom stereocenters. The van der Waals surface area contributed by atoms with Crippen molar-refractivity contribution in [3.05, 3.63) is 35.3 Å². The van der Waals surface area contributed by atoms with Gasteiger partial charge in [-0.15, -0.1) is 0 Å². The molecule has 0 N–H and O–H groups in total. The Balaban J connectivity index is 2.67. The van der Waals surface area contributed by atoms with Gasteiger partial charge in [-0.2, -0.15) is 0 Å². The Bertz CT molecular complexity index is 478. The summed E-state index contributed by atoms with van der Waals surface area (Å²) in [6, 6.07) is 1.38. The van der Waals surface area contributed by atoms with Crippen molar-refractivity contribution < 1.29 is 8.91 Å². The molecule has 68 valence electrons. The van der Waals surface area contributed by atoms with E-state index in [2.05, 4.69) is 0 Å². The van der Waals surface area contributed by atoms with E-state index in [1.165, 1.54) is 6.07 Å². The Morgan fingerprint density at radius 1 is 1.46 bits per heavy atom. The van der Waals surface area contributed by atoms with Gasteiger partial charge in [0.05, 0.1) is 4.11 Å². The predicted molar refractivity (Wildman–Crippen MR) is 52.9 cm³/mol. The summed E-state index contributed by atoms with van der Waals surface area (Å²) in [7, 11) is 0. The van der Waals surface area contributed by atoms with Gasteiger partial charge in [-0.1, -0.05) is 38.0 Å². The summed E-state index contributed by atoms with van der Waals surface area (Å²) >= 11 is 0. The molecule has 0 unspecified atom stereocenters. The third-order valence-electron chi connectivity index (χ3n) is 2.69. The number of fused-ring (bicyclic) bond motifs is 1. The van der Waals surface area contributed by atoms with Gasteiger partial charge in [0, 0.05) is 11.0 Å². The molecule has 1 aliphatic rings. The lowest BCUT2D eigenvalue weighted by molar-refractivity contribution is 0.0811. The molecule has 2 rings (SSSR count). The van der Waals surface area contributed by atoms with Crippen LogP contribution in [0, 0.1) is 5.41 Å². The zero-order valence-electron chi connectivity index (χ0n) is 10.9. The van der Waals surface area contributed by atoms with Crippen LogP contribution in [0.4, 0.5) is 0 Å². The Labute approximate surface area is 83.0 Å². The van der Waals surface area contributed by atoms with Gasteiger partial charge in [0.2, 0.25) is 0 Å². The highest BCUT2D eigenvalue weighted by atomic mass is 16.1. The van der Waals surface area contributed by atoms with Gasteiger partial charge in [0.15, 0.2) is 5.78 Å². The lowest BCUT2D eigenvalue weighted by atomic mass is 9.73. The van der Waals surface area contributed by atoms with Crippen LogP contribution in [-0.4, -0.2) is 5.78 Å². The normalized spacial score (nSPS) is 22.9. The summed E-state index contributed by atoms with van der Waals surface area (Å²) in [6.45, 7) is 3.78. The molecule has 13 heavy (non-hydrogen) atoms. The molecule has 0 saturated carbocycles. The van der Waals surface area contributed by atoms with Gasteiger partial charge >= 0.3 is 0 Å². The van der Waals surface area contributed by atoms with Gasteiger partial charge in [0.1, 0.15) is 0 Å². The van der Waals surface area contributed by atoms with Crippen LogP contribution < -0.4 is 0 Å². The highest BCUT2D eigenvalue weighted by Gasteiger charge is 2.33. The van der Waals surface area contributed by atoms with Crippen molar-refractivity contribution >= 4 is 5.78 Å². The third kappa shape index (κ3) is 1.28. The molecule has 0 bridgehead atoms. The van der Waals surface area contributed by atoms with E-state index in [1.54, 1.807) is 0 Å². The van der Waals surface area contributed by atoms with E-state index in [4.69, 9.17) is 4.11 Å². The van der Waals surface area contributed by atoms with Crippen molar-refractivity contribution in [2.45, 2.75) is 26.7 Å². The molecule has 0 amide bonds. The fraction of sp³-hybridized carbons (Fsp3) is 0.417. The number of hydrogen-bond donors (Lipinski definition) is 0. The van der Waals surface area contributed by atoms with Crippen molar-refractivity contribution in [3.8, 4) is 0 Å². The second kappa shape index (κ2) is 2.69. The maximum absolute atomic E-state index is 12.1. The number of carbonyl (C=O) groups excluding carboxylic acids is 1. The third-order valence-corrected chi connectivity index (χ3v) is 2.69. The summed E-state index contributed by atoms with van der Waals surface area (Å²) in [6.07, 6.45) is 1.36. The van der Waals surface area contributed by atoms with Gasteiger partial charge in [-0.05, 0) is 18.4 Å². The molecule has 1 aromatic carbocycles. The van der Waals surface area contributed by atoms with Gasteiger partial charge in [0.25, 0.3) is 0 Å². The lowest BCUT2D eigenvalue weighted by Crippen LogP contribution is -2.30. The molecule has 0 aliphatic heterocycles. The molecule has 0 saturated heterocycles. The van der Waals surface area contributed by atoms with E-state index in [-0.39, 0.29) is 23.9 Å². The minimum atomic E-state index is -0.407. The van der Waals surface area contributed by atoms with Crippen LogP contribution >= 0.6 is 0 Å². The monoisotopic (exact) mass is 177 g/mol. The predicted octanol–water partition coefficient (Wildman–Crippen LogP) is 2.84. The quantitative estimate of drug-likeness (QED) is 0.595. The summed E-state index contributed by atoms with van der Waals surface area (Å²) < 4.78 is 22.9. The zero-order valence-corrected chi connectivity index (χ0v) is 7.90. The Hall–Kier alpha value is -1.11. The van der Waals surface area contributed by atoms with Crippen molar-refractivity contribution in [2.75, 3.05) is 0 Å². The van der Waals surface area contributed by atoms with Crippen molar-refractivity contribution in [1.82, 2.24) is 0 Å². The second-order valence-electron chi connectivity index (χ2n) is 4.14. The summed E-state index contributed by atoms with van der Waals surface area (Å²) in [5.41, 5.74) is 0.711. The van der Waals surface area contributed by atoms with Crippen LogP contribution in [-0.2, 0) is 6.42 Å². The zero-order chi connectivity index (χ0) is 12.1. The second-order valence-corrected chi connectivity index (χ2v) is 4.14. The van der Waals surface area contributed by atoms with E-state index < -0.39 is 5.41 Å². The molecule has 1 aromatic rings. The minimum absolute atomic E-state index is 0.00394. The first-order valence-electron chi connectivity index (χ1n) is 5.99. The fourth-order valence-electron chi connectivity index (χ4n) is 1.69. The summed E-state index contributed by atoms with van der Waals surface area (Å²) in [5, 5.41) is 0. The maximum Gasteiger partial charge on any atom is 0.168 e. The molecule has 1 aliphatic carbocycles. The lowest BCUT2D eigenvalue weighted by Gasteiger charge is -2.29. The van der Waals surface area contributed by atoms with Gasteiger partial charge < -0.3 is 0 Å². The molecule has 0 fully saturated rings. The van der Waals surface area contributed by atoms with E-state index in [0.29, 0.717) is 24.0 Å². The topological polar surface area (TPSA) is 17.1 Å². The minimum Gasteiger partial charge on any atom is -0.294 e. The van der Waals surface area contributed by atoms with Crippen LogP contribution in [0.2, 0.25) is 0 Å². The molecule has 1 heteroatoms. The molecular formula is C12H14O. The highest BCUT2D eigenvalue weighted by Crippen LogP contribution is 2.34. The van der Waals surface area contributed by atoms with E-state index >= 15 is 0 Å². The van der Waals surface area contributed by atoms with E-state index in [1.807, 2.05) is 13.8 Å². The van der Waals surface area contributed by atoms with Crippen molar-refractivity contribution in [2.24, 2.45) is 5.41 Å². The average Bonchev–Trinajstić information content (AvgIpc) is 2.21.